The molecule has 128 valence electrons. The van der Waals surface area contributed by atoms with Crippen LogP contribution in [0, 0.1) is 13.8 Å². The number of nitrogens with zero attached hydrogens (tertiary/aromatic N) is 3. The molecule has 0 fully saturated rings. The molecule has 3 aromatic heterocycles. The summed E-state index contributed by atoms with van der Waals surface area (Å²) in [5, 5.41) is 4.34. The Kier molecular flexibility index (Phi) is 4.18. The molecule has 0 radical (unpaired) electrons. The second kappa shape index (κ2) is 6.65. The first kappa shape index (κ1) is 16.4. The number of carbonyl (C=O) groups is 1. The van der Waals surface area contributed by atoms with Crippen molar-refractivity contribution in [2.24, 2.45) is 0 Å². The molecule has 0 atom stereocenters. The van der Waals surface area contributed by atoms with E-state index in [1.165, 1.54) is 11.3 Å². The number of hydrogen-bond acceptors (Lipinski definition) is 5. The van der Waals surface area contributed by atoms with Gasteiger partial charge in [-0.3, -0.25) is 15.1 Å². The first-order valence-electron chi connectivity index (χ1n) is 8.17. The van der Waals surface area contributed by atoms with Crippen LogP contribution >= 0.6 is 11.3 Å². The van der Waals surface area contributed by atoms with Gasteiger partial charge in [0, 0.05) is 28.2 Å². The Bertz CT molecular complexity index is 1090. The molecule has 3 heterocycles. The molecule has 0 aliphatic rings. The molecule has 6 heteroatoms. The summed E-state index contributed by atoms with van der Waals surface area (Å²) in [6.45, 7) is 3.93. The van der Waals surface area contributed by atoms with Gasteiger partial charge >= 0.3 is 0 Å². The van der Waals surface area contributed by atoms with Gasteiger partial charge in [-0.05, 0) is 38.1 Å². The third kappa shape index (κ3) is 3.07. The summed E-state index contributed by atoms with van der Waals surface area (Å²) in [4.78, 5) is 27.2. The van der Waals surface area contributed by atoms with E-state index in [9.17, 15) is 4.79 Å². The topological polar surface area (TPSA) is 67.8 Å². The maximum absolute atomic E-state index is 12.9. The van der Waals surface area contributed by atoms with E-state index in [2.05, 4.69) is 15.3 Å². The second-order valence-electron chi connectivity index (χ2n) is 5.92. The van der Waals surface area contributed by atoms with Crippen LogP contribution in [0.15, 0.2) is 54.9 Å². The molecule has 0 unspecified atom stereocenters. The van der Waals surface area contributed by atoms with Gasteiger partial charge in [-0.25, -0.2) is 9.97 Å². The summed E-state index contributed by atoms with van der Waals surface area (Å²) in [5.74, 6) is -0.187. The van der Waals surface area contributed by atoms with Gasteiger partial charge in [-0.1, -0.05) is 18.2 Å². The van der Waals surface area contributed by atoms with Crippen molar-refractivity contribution in [2.75, 3.05) is 5.32 Å². The van der Waals surface area contributed by atoms with Crippen molar-refractivity contribution in [3.63, 3.8) is 0 Å². The van der Waals surface area contributed by atoms with Gasteiger partial charge in [0.1, 0.15) is 0 Å². The summed E-state index contributed by atoms with van der Waals surface area (Å²) < 4.78 is 0. The van der Waals surface area contributed by atoms with Crippen molar-refractivity contribution in [3.8, 4) is 11.3 Å². The van der Waals surface area contributed by atoms with Crippen LogP contribution in [0.5, 0.6) is 0 Å². The predicted octanol–water partition coefficient (Wildman–Crippen LogP) is 4.62. The van der Waals surface area contributed by atoms with Crippen LogP contribution in [0.1, 0.15) is 20.9 Å². The van der Waals surface area contributed by atoms with E-state index in [4.69, 9.17) is 4.98 Å². The number of carbonyl (C=O) groups excluding carboxylic acids is 1. The van der Waals surface area contributed by atoms with Gasteiger partial charge in [-0.15, -0.1) is 11.3 Å². The molecule has 1 N–H and O–H groups in total. The van der Waals surface area contributed by atoms with Crippen LogP contribution in [-0.2, 0) is 0 Å². The Balaban J connectivity index is 1.81. The number of aromatic nitrogens is 3. The highest BCUT2D eigenvalue weighted by molar-refractivity contribution is 7.15. The highest BCUT2D eigenvalue weighted by Gasteiger charge is 2.16. The number of thiazole rings is 1. The molecule has 0 saturated carbocycles. The minimum atomic E-state index is -0.187. The zero-order chi connectivity index (χ0) is 18.1. The number of pyridine rings is 2. The van der Waals surface area contributed by atoms with Crippen molar-refractivity contribution in [2.45, 2.75) is 13.8 Å². The number of rotatable bonds is 3. The standard InChI is InChI=1S/C20H16N4OS/c1-12-13(2)26-20(22-12)24-19(25)16-11-18(14-7-9-21-10-8-14)23-17-6-4-3-5-15(16)17/h3-11H,1-2H3,(H,22,24,25). The second-order valence-corrected chi connectivity index (χ2v) is 7.13. The number of anilines is 1. The number of amides is 1. The van der Waals surface area contributed by atoms with Gasteiger partial charge in [0.05, 0.1) is 22.5 Å². The fraction of sp³-hybridized carbons (Fsp3) is 0.100. The summed E-state index contributed by atoms with van der Waals surface area (Å²) >= 11 is 1.48. The molecule has 1 aromatic carbocycles. The maximum atomic E-state index is 12.9. The third-order valence-electron chi connectivity index (χ3n) is 4.19. The van der Waals surface area contributed by atoms with Gasteiger partial charge in [0.25, 0.3) is 5.91 Å². The van der Waals surface area contributed by atoms with E-state index < -0.39 is 0 Å². The van der Waals surface area contributed by atoms with E-state index in [0.29, 0.717) is 10.7 Å². The van der Waals surface area contributed by atoms with E-state index in [0.717, 1.165) is 32.7 Å². The highest BCUT2D eigenvalue weighted by atomic mass is 32.1. The minimum Gasteiger partial charge on any atom is -0.298 e. The monoisotopic (exact) mass is 360 g/mol. The number of hydrogen-bond donors (Lipinski definition) is 1. The maximum Gasteiger partial charge on any atom is 0.258 e. The van der Waals surface area contributed by atoms with E-state index >= 15 is 0 Å². The Morgan fingerprint density at radius 2 is 1.81 bits per heavy atom. The molecule has 4 rings (SSSR count). The van der Waals surface area contributed by atoms with Crippen molar-refractivity contribution in [1.29, 1.82) is 0 Å². The van der Waals surface area contributed by atoms with Crippen molar-refractivity contribution < 1.29 is 4.79 Å². The summed E-state index contributed by atoms with van der Waals surface area (Å²) in [6.07, 6.45) is 3.43. The average Bonchev–Trinajstić information content (AvgIpc) is 2.98. The van der Waals surface area contributed by atoms with Crippen molar-refractivity contribution >= 4 is 33.3 Å². The molecule has 0 aliphatic heterocycles. The Labute approximate surface area is 154 Å². The first-order chi connectivity index (χ1) is 12.6. The SMILES string of the molecule is Cc1nc(NC(=O)c2cc(-c3ccncc3)nc3ccccc23)sc1C. The summed E-state index contributed by atoms with van der Waals surface area (Å²) in [6, 6.07) is 13.2. The molecule has 1 amide bonds. The summed E-state index contributed by atoms with van der Waals surface area (Å²) in [7, 11) is 0. The predicted molar refractivity (Wildman–Crippen MR) is 105 cm³/mol. The average molecular weight is 360 g/mol. The zero-order valence-electron chi connectivity index (χ0n) is 14.4. The summed E-state index contributed by atoms with van der Waals surface area (Å²) in [5.41, 5.74) is 3.94. The number of benzene rings is 1. The largest absolute Gasteiger partial charge is 0.298 e. The molecule has 26 heavy (non-hydrogen) atoms. The van der Waals surface area contributed by atoms with Crippen LogP contribution in [0.3, 0.4) is 0 Å². The lowest BCUT2D eigenvalue weighted by Gasteiger charge is -2.09. The lowest BCUT2D eigenvalue weighted by molar-refractivity contribution is 0.102. The third-order valence-corrected chi connectivity index (χ3v) is 5.17. The van der Waals surface area contributed by atoms with E-state index in [1.807, 2.05) is 56.3 Å². The van der Waals surface area contributed by atoms with Gasteiger partial charge in [0.15, 0.2) is 5.13 Å². The van der Waals surface area contributed by atoms with Crippen molar-refractivity contribution in [1.82, 2.24) is 15.0 Å². The number of nitrogens with one attached hydrogen (secondary N) is 1. The molecular weight excluding hydrogens is 344 g/mol. The van der Waals surface area contributed by atoms with E-state index in [-0.39, 0.29) is 5.91 Å². The molecule has 0 bridgehead atoms. The molecule has 4 aromatic rings. The zero-order valence-corrected chi connectivity index (χ0v) is 15.2. The van der Waals surface area contributed by atoms with Crippen LogP contribution in [-0.4, -0.2) is 20.9 Å². The van der Waals surface area contributed by atoms with Crippen molar-refractivity contribution in [3.05, 3.63) is 71.0 Å². The Morgan fingerprint density at radius 1 is 1.04 bits per heavy atom. The normalized spacial score (nSPS) is 10.8. The number of fused-ring (bicyclic) bond motifs is 1. The molecule has 0 aliphatic carbocycles. The van der Waals surface area contributed by atoms with Gasteiger partial charge in [-0.2, -0.15) is 0 Å². The smallest absolute Gasteiger partial charge is 0.258 e. The lowest BCUT2D eigenvalue weighted by atomic mass is 10.0. The van der Waals surface area contributed by atoms with Crippen LogP contribution < -0.4 is 5.32 Å². The van der Waals surface area contributed by atoms with Gasteiger partial charge < -0.3 is 0 Å². The van der Waals surface area contributed by atoms with Gasteiger partial charge in [0.2, 0.25) is 0 Å². The molecule has 0 saturated heterocycles. The highest BCUT2D eigenvalue weighted by Crippen LogP contribution is 2.26. The van der Waals surface area contributed by atoms with E-state index in [1.54, 1.807) is 12.4 Å². The van der Waals surface area contributed by atoms with Crippen LogP contribution in [0.4, 0.5) is 5.13 Å². The molecule has 5 nitrogen and oxygen atoms in total. The Hall–Kier alpha value is -3.12. The Morgan fingerprint density at radius 3 is 2.54 bits per heavy atom. The van der Waals surface area contributed by atoms with Crippen LogP contribution in [0.25, 0.3) is 22.2 Å². The fourth-order valence-electron chi connectivity index (χ4n) is 2.72. The minimum absolute atomic E-state index is 0.187. The molecule has 0 spiro atoms. The number of aryl methyl sites for hydroxylation is 2. The fourth-order valence-corrected chi connectivity index (χ4v) is 3.53. The molecular formula is C20H16N4OS. The quantitative estimate of drug-likeness (QED) is 0.579. The lowest BCUT2D eigenvalue weighted by Crippen LogP contribution is -2.13. The van der Waals surface area contributed by atoms with Crippen LogP contribution in [0.2, 0.25) is 0 Å². The first-order valence-corrected chi connectivity index (χ1v) is 8.99. The number of para-hydroxylation sites is 1.